The molecule has 0 aromatic carbocycles. The number of carboxylic acids is 1. The highest BCUT2D eigenvalue weighted by atomic mass is 16.5. The highest BCUT2D eigenvalue weighted by molar-refractivity contribution is 5.72. The molecule has 23 heavy (non-hydrogen) atoms. The van der Waals surface area contributed by atoms with Crippen molar-refractivity contribution in [1.82, 2.24) is 0 Å². The number of rotatable bonds is 18. The van der Waals surface area contributed by atoms with Gasteiger partial charge in [0.25, 0.3) is 0 Å². The van der Waals surface area contributed by atoms with E-state index >= 15 is 0 Å². The molecule has 0 fully saturated rings. The van der Waals surface area contributed by atoms with Gasteiger partial charge in [0, 0.05) is 6.61 Å². The zero-order chi connectivity index (χ0) is 17.2. The van der Waals surface area contributed by atoms with Gasteiger partial charge in [-0.1, -0.05) is 97.3 Å². The van der Waals surface area contributed by atoms with Crippen molar-refractivity contribution in [3.63, 3.8) is 0 Å². The first-order valence-electron chi connectivity index (χ1n) is 10.1. The van der Waals surface area contributed by atoms with E-state index in [4.69, 9.17) is 9.84 Å². The molecule has 138 valence electrons. The molecule has 0 aromatic heterocycles. The highest BCUT2D eigenvalue weighted by Crippen LogP contribution is 2.12. The minimum absolute atomic E-state index is 0.592. The summed E-state index contributed by atoms with van der Waals surface area (Å²) in [4.78, 5) is 10.9. The van der Waals surface area contributed by atoms with Crippen LogP contribution in [0.15, 0.2) is 0 Å². The van der Waals surface area contributed by atoms with Gasteiger partial charge in [0.2, 0.25) is 0 Å². The quantitative estimate of drug-likeness (QED) is 0.298. The molecular weight excluding hydrogens is 288 g/mol. The van der Waals surface area contributed by atoms with E-state index in [0.29, 0.717) is 13.0 Å². The molecule has 0 aromatic rings. The van der Waals surface area contributed by atoms with Crippen molar-refractivity contribution in [2.45, 2.75) is 116 Å². The molecule has 1 unspecified atom stereocenters. The second kappa shape index (κ2) is 17.8. The van der Waals surface area contributed by atoms with Gasteiger partial charge in [-0.05, 0) is 12.8 Å². The van der Waals surface area contributed by atoms with Crippen LogP contribution in [0.4, 0.5) is 0 Å². The molecule has 0 amide bonds. The molecule has 0 heterocycles. The molecule has 1 atom stereocenters. The van der Waals surface area contributed by atoms with Crippen molar-refractivity contribution < 1.29 is 14.6 Å². The average Bonchev–Trinajstić information content (AvgIpc) is 2.54. The van der Waals surface area contributed by atoms with Crippen LogP contribution in [-0.4, -0.2) is 23.8 Å². The molecule has 0 radical (unpaired) electrons. The van der Waals surface area contributed by atoms with Gasteiger partial charge >= 0.3 is 5.97 Å². The van der Waals surface area contributed by atoms with E-state index in [1.807, 2.05) is 6.92 Å². The highest BCUT2D eigenvalue weighted by Gasteiger charge is 2.15. The first kappa shape index (κ1) is 22.4. The fourth-order valence-corrected chi connectivity index (χ4v) is 2.89. The molecule has 1 N–H and O–H groups in total. The second-order valence-corrected chi connectivity index (χ2v) is 6.73. The fraction of sp³-hybridized carbons (Fsp3) is 0.950. The largest absolute Gasteiger partial charge is 0.479 e. The van der Waals surface area contributed by atoms with Crippen LogP contribution in [-0.2, 0) is 9.53 Å². The van der Waals surface area contributed by atoms with Crippen molar-refractivity contribution in [3.8, 4) is 0 Å². The third-order valence-electron chi connectivity index (χ3n) is 4.39. The predicted molar refractivity (Wildman–Crippen MR) is 98.0 cm³/mol. The summed E-state index contributed by atoms with van der Waals surface area (Å²) in [5.74, 6) is -0.818. The summed E-state index contributed by atoms with van der Waals surface area (Å²) in [6.07, 6.45) is 18.1. The second-order valence-electron chi connectivity index (χ2n) is 6.73. The lowest BCUT2D eigenvalue weighted by Gasteiger charge is -2.12. The number of unbranched alkanes of at least 4 members (excludes halogenated alkanes) is 12. The number of carboxylic acid groups (broad SMARTS) is 1. The first-order valence-corrected chi connectivity index (χ1v) is 10.1. The lowest BCUT2D eigenvalue weighted by atomic mass is 10.0. The van der Waals surface area contributed by atoms with Crippen LogP contribution in [0, 0.1) is 0 Å². The third kappa shape index (κ3) is 16.1. The van der Waals surface area contributed by atoms with Gasteiger partial charge < -0.3 is 9.84 Å². The Bertz CT molecular complexity index is 253. The van der Waals surface area contributed by atoms with E-state index in [1.54, 1.807) is 0 Å². The van der Waals surface area contributed by atoms with E-state index in [1.165, 1.54) is 70.6 Å². The molecule has 3 heteroatoms. The van der Waals surface area contributed by atoms with Gasteiger partial charge in [-0.15, -0.1) is 0 Å². The number of hydrogen-bond acceptors (Lipinski definition) is 2. The minimum atomic E-state index is -0.818. The average molecular weight is 329 g/mol. The summed E-state index contributed by atoms with van der Waals surface area (Å²) >= 11 is 0. The van der Waals surface area contributed by atoms with Crippen LogP contribution in [0.2, 0.25) is 0 Å². The topological polar surface area (TPSA) is 46.5 Å². The molecule has 0 saturated heterocycles. The van der Waals surface area contributed by atoms with Crippen LogP contribution in [0.25, 0.3) is 0 Å². The monoisotopic (exact) mass is 328 g/mol. The van der Waals surface area contributed by atoms with Crippen LogP contribution >= 0.6 is 0 Å². The zero-order valence-corrected chi connectivity index (χ0v) is 15.7. The van der Waals surface area contributed by atoms with E-state index in [9.17, 15) is 4.79 Å². The molecule has 0 saturated carbocycles. The predicted octanol–water partition coefficient (Wildman–Crippen LogP) is 6.35. The Kier molecular flexibility index (Phi) is 17.3. The molecule has 3 nitrogen and oxygen atoms in total. The van der Waals surface area contributed by atoms with Crippen LogP contribution in [0.1, 0.15) is 110 Å². The summed E-state index contributed by atoms with van der Waals surface area (Å²) in [6.45, 7) is 4.85. The SMILES string of the molecule is CCCCCCCCCCCCCCCOC(CCC)C(=O)O. The summed E-state index contributed by atoms with van der Waals surface area (Å²) in [5.41, 5.74) is 0. The Morgan fingerprint density at radius 3 is 1.57 bits per heavy atom. The normalized spacial score (nSPS) is 12.4. The third-order valence-corrected chi connectivity index (χ3v) is 4.39. The smallest absolute Gasteiger partial charge is 0.332 e. The van der Waals surface area contributed by atoms with Crippen LogP contribution in [0.5, 0.6) is 0 Å². The maximum Gasteiger partial charge on any atom is 0.332 e. The van der Waals surface area contributed by atoms with Gasteiger partial charge in [-0.2, -0.15) is 0 Å². The standard InChI is InChI=1S/C20H40O3/c1-3-5-6-7-8-9-10-11-12-13-14-15-16-18-23-19(17-4-2)20(21)22/h19H,3-18H2,1-2H3,(H,21,22). The summed E-state index contributed by atoms with van der Waals surface area (Å²) in [6, 6.07) is 0. The molecule has 0 rings (SSSR count). The molecule has 0 aliphatic carbocycles. The van der Waals surface area contributed by atoms with Gasteiger partial charge in [0.1, 0.15) is 0 Å². The van der Waals surface area contributed by atoms with Gasteiger partial charge in [-0.3, -0.25) is 0 Å². The zero-order valence-electron chi connectivity index (χ0n) is 15.7. The summed E-state index contributed by atoms with van der Waals surface area (Å²) < 4.78 is 5.44. The van der Waals surface area contributed by atoms with E-state index in [0.717, 1.165) is 19.3 Å². The van der Waals surface area contributed by atoms with Crippen LogP contribution < -0.4 is 0 Å². The molecule has 0 spiro atoms. The van der Waals surface area contributed by atoms with E-state index in [2.05, 4.69) is 6.92 Å². The van der Waals surface area contributed by atoms with Crippen molar-refractivity contribution >= 4 is 5.97 Å². The maximum absolute atomic E-state index is 10.9. The van der Waals surface area contributed by atoms with Crippen molar-refractivity contribution in [2.75, 3.05) is 6.61 Å². The Morgan fingerprint density at radius 2 is 1.17 bits per heavy atom. The summed E-state index contributed by atoms with van der Waals surface area (Å²) in [7, 11) is 0. The Balaban J connectivity index is 3.20. The first-order chi connectivity index (χ1) is 11.2. The summed E-state index contributed by atoms with van der Waals surface area (Å²) in [5, 5.41) is 8.98. The van der Waals surface area contributed by atoms with Gasteiger partial charge in [0.15, 0.2) is 6.10 Å². The van der Waals surface area contributed by atoms with Gasteiger partial charge in [-0.25, -0.2) is 4.79 Å². The number of aliphatic carboxylic acids is 1. The fourth-order valence-electron chi connectivity index (χ4n) is 2.89. The lowest BCUT2D eigenvalue weighted by molar-refractivity contribution is -0.150. The number of carbonyl (C=O) groups is 1. The van der Waals surface area contributed by atoms with Crippen molar-refractivity contribution in [1.29, 1.82) is 0 Å². The van der Waals surface area contributed by atoms with Crippen molar-refractivity contribution in [3.05, 3.63) is 0 Å². The maximum atomic E-state index is 10.9. The Morgan fingerprint density at radius 1 is 0.739 bits per heavy atom. The van der Waals surface area contributed by atoms with E-state index in [-0.39, 0.29) is 0 Å². The Labute approximate surface area is 144 Å². The molecular formula is C20H40O3. The molecule has 0 aliphatic heterocycles. The minimum Gasteiger partial charge on any atom is -0.479 e. The van der Waals surface area contributed by atoms with Crippen molar-refractivity contribution in [2.24, 2.45) is 0 Å². The van der Waals surface area contributed by atoms with E-state index < -0.39 is 12.1 Å². The van der Waals surface area contributed by atoms with Gasteiger partial charge in [0.05, 0.1) is 0 Å². The molecule has 0 bridgehead atoms. The number of hydrogen-bond donors (Lipinski definition) is 1. The molecule has 0 aliphatic rings. The Hall–Kier alpha value is -0.570. The number of ether oxygens (including phenoxy) is 1. The lowest BCUT2D eigenvalue weighted by Crippen LogP contribution is -2.24. The van der Waals surface area contributed by atoms with Crippen LogP contribution in [0.3, 0.4) is 0 Å².